The minimum absolute atomic E-state index is 0.278. The second-order valence-electron chi connectivity index (χ2n) is 8.00. The first-order valence-corrected chi connectivity index (χ1v) is 27.5. The van der Waals surface area contributed by atoms with Gasteiger partial charge in [-0.15, -0.1) is 0 Å². The average Bonchev–Trinajstić information content (AvgIpc) is 2.69. The molecule has 0 bridgehead atoms. The van der Waals surface area contributed by atoms with Crippen molar-refractivity contribution >= 4 is 101 Å². The third kappa shape index (κ3) is 20.0. The van der Waals surface area contributed by atoms with Crippen molar-refractivity contribution in [1.82, 2.24) is 9.80 Å². The van der Waals surface area contributed by atoms with Gasteiger partial charge in [0.05, 0.1) is 0 Å². The zero-order chi connectivity index (χ0) is 23.0. The summed E-state index contributed by atoms with van der Waals surface area (Å²) in [5.41, 5.74) is 0. The summed E-state index contributed by atoms with van der Waals surface area (Å²) in [5, 5.41) is 0. The molecular weight excluding hydrogens is 831 g/mol. The van der Waals surface area contributed by atoms with Crippen molar-refractivity contribution in [2.24, 2.45) is 11.8 Å². The van der Waals surface area contributed by atoms with Gasteiger partial charge < -0.3 is 0 Å². The van der Waals surface area contributed by atoms with Gasteiger partial charge in [0.15, 0.2) is 0 Å². The van der Waals surface area contributed by atoms with E-state index in [1.807, 2.05) is 13.8 Å². The number of carbonyl (C=O) groups is 1. The maximum atomic E-state index is 11.1. The summed E-state index contributed by atoms with van der Waals surface area (Å²) in [7, 11) is 0.857. The number of carbonyl (C=O) groups excluding carboxylic acids is 1. The Balaban J connectivity index is 0. The molecular formula is C18H40Ga2I3N2OV. The summed E-state index contributed by atoms with van der Waals surface area (Å²) < 4.78 is 15.6. The second kappa shape index (κ2) is 19.1. The van der Waals surface area contributed by atoms with E-state index in [0.29, 0.717) is 41.0 Å². The first-order valence-electron chi connectivity index (χ1n) is 11.2. The Morgan fingerprint density at radius 3 is 1.93 bits per heavy atom. The molecule has 0 aromatic carbocycles. The number of piperidine rings is 2. The molecule has 0 aromatic heterocycles. The molecule has 2 heterocycles. The van der Waals surface area contributed by atoms with E-state index >= 15 is 0 Å². The fourth-order valence-corrected chi connectivity index (χ4v) is 5.13. The molecule has 3 nitrogen and oxygen atoms in total. The van der Waals surface area contributed by atoms with Crippen LogP contribution in [0.2, 0.25) is 3.97 Å². The van der Waals surface area contributed by atoms with Crippen LogP contribution in [0.5, 0.6) is 0 Å². The van der Waals surface area contributed by atoms with E-state index < -0.39 is 0 Å². The maximum absolute atomic E-state index is 11.1. The normalized spacial score (nSPS) is 24.7. The van der Waals surface area contributed by atoms with E-state index in [1.54, 1.807) is 0 Å². The zero-order valence-corrected chi connectivity index (χ0v) is 34.4. The van der Waals surface area contributed by atoms with Crippen LogP contribution in [0.3, 0.4) is 0 Å². The Morgan fingerprint density at radius 2 is 1.52 bits per heavy atom. The van der Waals surface area contributed by atoms with E-state index in [-0.39, 0.29) is 10.8 Å². The van der Waals surface area contributed by atoms with Gasteiger partial charge in [-0.05, 0) is 0 Å². The van der Waals surface area contributed by atoms with Crippen LogP contribution in [-0.4, -0.2) is 91.6 Å². The van der Waals surface area contributed by atoms with E-state index in [2.05, 4.69) is 83.6 Å². The molecule has 2 saturated heterocycles. The van der Waals surface area contributed by atoms with Crippen LogP contribution >= 0.6 is 59.9 Å². The van der Waals surface area contributed by atoms with Gasteiger partial charge in [0.2, 0.25) is 0 Å². The second-order valence-corrected chi connectivity index (χ2v) is 50.8. The SMILES string of the molecule is CC.[3H]CN1CCCC([C](=O)[GaH2])C1.[3H]CN1CCCC([C](C)(C)[GaH2])C1.[I][V]([I])[I]. The van der Waals surface area contributed by atoms with Crippen LogP contribution in [0.15, 0.2) is 0 Å². The van der Waals surface area contributed by atoms with E-state index in [1.165, 1.54) is 19.4 Å². The molecule has 2 rings (SSSR count). The van der Waals surface area contributed by atoms with E-state index in [0.717, 1.165) is 57.0 Å². The summed E-state index contributed by atoms with van der Waals surface area (Å²) in [6.07, 6.45) is 4.87. The first-order chi connectivity index (χ1) is 13.5. The summed E-state index contributed by atoms with van der Waals surface area (Å²) in [6.45, 7) is 13.0. The van der Waals surface area contributed by atoms with Crippen molar-refractivity contribution in [3.63, 3.8) is 0 Å². The van der Waals surface area contributed by atoms with Gasteiger partial charge in [0.25, 0.3) is 0 Å². The Labute approximate surface area is 229 Å². The molecule has 9 heteroatoms. The Kier molecular flexibility index (Phi) is 20.3. The van der Waals surface area contributed by atoms with Gasteiger partial charge >= 0.3 is 219 Å². The Morgan fingerprint density at radius 1 is 1.07 bits per heavy atom. The summed E-state index contributed by atoms with van der Waals surface area (Å²) in [6, 6.07) is 0. The van der Waals surface area contributed by atoms with E-state index in [4.69, 9.17) is 2.74 Å². The molecule has 2 aliphatic rings. The van der Waals surface area contributed by atoms with Crippen molar-refractivity contribution in [2.75, 3.05) is 40.2 Å². The molecule has 0 aromatic rings. The Bertz CT molecular complexity index is 422. The third-order valence-electron chi connectivity index (χ3n) is 4.81. The van der Waals surface area contributed by atoms with Gasteiger partial charge in [-0.3, -0.25) is 0 Å². The summed E-state index contributed by atoms with van der Waals surface area (Å²) in [5.74, 6) is 1.16. The molecule has 0 radical (unpaired) electrons. The van der Waals surface area contributed by atoms with Crippen LogP contribution in [0.25, 0.3) is 0 Å². The van der Waals surface area contributed by atoms with Crippen LogP contribution in [0.4, 0.5) is 0 Å². The molecule has 0 spiro atoms. The molecule has 160 valence electrons. The predicted octanol–water partition coefficient (Wildman–Crippen LogP) is 4.33. The fourth-order valence-electron chi connectivity index (χ4n) is 3.15. The third-order valence-corrected chi connectivity index (χ3v) is 8.24. The summed E-state index contributed by atoms with van der Waals surface area (Å²) in [4.78, 5) is 15.1. The molecule has 2 atom stereocenters. The number of rotatable bonds is 2. The first kappa shape index (κ1) is 28.7. The quantitative estimate of drug-likeness (QED) is 0.306. The monoisotopic (exact) mass is 874 g/mol. The van der Waals surface area contributed by atoms with Gasteiger partial charge in [-0.2, -0.15) is 0 Å². The fraction of sp³-hybridized carbons (Fsp3) is 0.944. The summed E-state index contributed by atoms with van der Waals surface area (Å²) >= 11 is 8.64. The molecule has 0 amide bonds. The number of likely N-dealkylation sites (tertiary alicyclic amines) is 2. The van der Waals surface area contributed by atoms with Crippen LogP contribution in [-0.2, 0) is 9.72 Å². The van der Waals surface area contributed by atoms with Gasteiger partial charge in [-0.1, -0.05) is 13.8 Å². The molecule has 0 aliphatic carbocycles. The number of halogens is 3. The van der Waals surface area contributed by atoms with Gasteiger partial charge in [0.1, 0.15) is 0 Å². The molecule has 2 unspecified atom stereocenters. The number of hydrogen-bond acceptors (Lipinski definition) is 3. The van der Waals surface area contributed by atoms with E-state index in [9.17, 15) is 4.79 Å². The van der Waals surface area contributed by atoms with Crippen molar-refractivity contribution in [2.45, 2.75) is 57.3 Å². The zero-order valence-electron chi connectivity index (χ0n) is 20.1. The van der Waals surface area contributed by atoms with Crippen molar-refractivity contribution in [3.8, 4) is 0 Å². The number of hydrogen-bond donors (Lipinski definition) is 0. The van der Waals surface area contributed by atoms with Gasteiger partial charge in [0, 0.05) is 0 Å². The molecule has 27 heavy (non-hydrogen) atoms. The standard InChI is InChI=1S/C9H18N.C7H12NO.C2H6.2Ga.3HI.V.4H/c1-8(2)9-5-4-6-10(3)7-9;1-8-4-2-3-7(5-8)6-9;1-2;;;;;;;;;;/h9H,4-7H2,1-3H3;7H,2-5H2,1H3;1-2H3;;;3*1H;;;;;/q;;;;;;;;+3;;;;/p-3/i3T;1T;;;;;;;;;;;. The van der Waals surface area contributed by atoms with Crippen LogP contribution in [0.1, 0.15) is 56.1 Å². The van der Waals surface area contributed by atoms with Crippen LogP contribution < -0.4 is 0 Å². The molecule has 0 saturated carbocycles. The predicted molar refractivity (Wildman–Crippen MR) is 150 cm³/mol. The van der Waals surface area contributed by atoms with Crippen LogP contribution in [0, 0.1) is 11.8 Å². The molecule has 2 fully saturated rings. The van der Waals surface area contributed by atoms with Crippen molar-refractivity contribution in [3.05, 3.63) is 0 Å². The van der Waals surface area contributed by atoms with Gasteiger partial charge in [-0.25, -0.2) is 0 Å². The van der Waals surface area contributed by atoms with Crippen molar-refractivity contribution < 1.29 is 12.5 Å². The Hall–Kier alpha value is 3.64. The average molecular weight is 876 g/mol. The molecule has 0 N–H and O–H groups in total. The number of nitrogens with zero attached hydrogens (tertiary/aromatic N) is 2. The minimum atomic E-state index is -0.278. The topological polar surface area (TPSA) is 23.6 Å². The molecule has 2 aliphatic heterocycles. The van der Waals surface area contributed by atoms with Crippen molar-refractivity contribution in [1.29, 1.82) is 0 Å².